The summed E-state index contributed by atoms with van der Waals surface area (Å²) in [5.41, 5.74) is 6.85. The summed E-state index contributed by atoms with van der Waals surface area (Å²) in [6.07, 6.45) is 3.13. The van der Waals surface area contributed by atoms with Gasteiger partial charge in [-0.2, -0.15) is 0 Å². The van der Waals surface area contributed by atoms with E-state index in [2.05, 4.69) is 11.6 Å². The topological polar surface area (TPSA) is 65.2 Å². The normalized spacial score (nSPS) is 9.50. The van der Waals surface area contributed by atoms with Crippen molar-refractivity contribution in [2.45, 2.75) is 6.92 Å². The van der Waals surface area contributed by atoms with Crippen LogP contribution in [0.4, 0.5) is 5.69 Å². The number of anilines is 1. The van der Waals surface area contributed by atoms with Gasteiger partial charge in [0.2, 0.25) is 0 Å². The minimum absolute atomic E-state index is 0.150. The van der Waals surface area contributed by atoms with Crippen molar-refractivity contribution in [3.8, 4) is 0 Å². The Morgan fingerprint density at radius 3 is 3.00 bits per heavy atom. The Kier molecular flexibility index (Phi) is 3.23. The molecule has 4 heteroatoms. The molecule has 74 valence electrons. The lowest BCUT2D eigenvalue weighted by molar-refractivity contribution is 0.0521. The van der Waals surface area contributed by atoms with Crippen molar-refractivity contribution in [1.29, 1.82) is 0 Å². The second-order valence-corrected chi connectivity index (χ2v) is 2.63. The molecule has 0 atom stereocenters. The number of carbonyl (C=O) groups excluding carboxylic acids is 1. The minimum Gasteiger partial charge on any atom is -0.461 e. The Hall–Kier alpha value is -1.84. The first kappa shape index (κ1) is 10.2. The molecule has 14 heavy (non-hydrogen) atoms. The molecule has 0 aromatic carbocycles. The van der Waals surface area contributed by atoms with Gasteiger partial charge >= 0.3 is 5.97 Å². The van der Waals surface area contributed by atoms with Crippen LogP contribution in [0.25, 0.3) is 6.08 Å². The number of hydrogen-bond acceptors (Lipinski definition) is 4. The predicted octanol–water partition coefficient (Wildman–Crippen LogP) is 1.48. The molecular formula is C10H12N2O2. The number of nitrogen functional groups attached to an aromatic ring is 1. The first-order valence-corrected chi connectivity index (χ1v) is 4.24. The molecule has 4 nitrogen and oxygen atoms in total. The van der Waals surface area contributed by atoms with E-state index >= 15 is 0 Å². The standard InChI is InChI=1S/C10H12N2O2/c1-3-7-5-8(11)9(12-6-7)10(13)14-4-2/h3,5-6H,1,4,11H2,2H3. The summed E-state index contributed by atoms with van der Waals surface area (Å²) in [4.78, 5) is 15.2. The molecule has 1 heterocycles. The van der Waals surface area contributed by atoms with Gasteiger partial charge in [-0.15, -0.1) is 0 Å². The van der Waals surface area contributed by atoms with Crippen LogP contribution in [0.5, 0.6) is 0 Å². The van der Waals surface area contributed by atoms with Gasteiger partial charge in [0.05, 0.1) is 12.3 Å². The monoisotopic (exact) mass is 192 g/mol. The lowest BCUT2D eigenvalue weighted by atomic mass is 10.2. The minimum atomic E-state index is -0.499. The molecule has 0 saturated carbocycles. The maximum atomic E-state index is 11.3. The molecule has 0 saturated heterocycles. The number of nitrogens with two attached hydrogens (primary N) is 1. The molecular weight excluding hydrogens is 180 g/mol. The molecule has 0 aliphatic rings. The van der Waals surface area contributed by atoms with E-state index < -0.39 is 5.97 Å². The number of esters is 1. The van der Waals surface area contributed by atoms with E-state index in [4.69, 9.17) is 10.5 Å². The number of pyridine rings is 1. The molecule has 0 bridgehead atoms. The molecule has 0 fully saturated rings. The number of carbonyl (C=O) groups is 1. The van der Waals surface area contributed by atoms with Crippen molar-refractivity contribution >= 4 is 17.7 Å². The van der Waals surface area contributed by atoms with Crippen LogP contribution in [-0.2, 0) is 4.74 Å². The van der Waals surface area contributed by atoms with Gasteiger partial charge in [0, 0.05) is 6.20 Å². The van der Waals surface area contributed by atoms with E-state index in [1.165, 1.54) is 6.20 Å². The Morgan fingerprint density at radius 2 is 2.50 bits per heavy atom. The first-order chi connectivity index (χ1) is 6.69. The summed E-state index contributed by atoms with van der Waals surface area (Å²) < 4.78 is 4.77. The number of rotatable bonds is 3. The number of nitrogens with zero attached hydrogens (tertiary/aromatic N) is 1. The van der Waals surface area contributed by atoms with Gasteiger partial charge in [-0.3, -0.25) is 0 Å². The highest BCUT2D eigenvalue weighted by Gasteiger charge is 2.11. The average molecular weight is 192 g/mol. The van der Waals surface area contributed by atoms with Crippen LogP contribution in [0.2, 0.25) is 0 Å². The van der Waals surface area contributed by atoms with E-state index in [-0.39, 0.29) is 5.69 Å². The van der Waals surface area contributed by atoms with Crippen LogP contribution in [0.1, 0.15) is 23.0 Å². The molecule has 0 aliphatic carbocycles. The van der Waals surface area contributed by atoms with Crippen molar-refractivity contribution < 1.29 is 9.53 Å². The average Bonchev–Trinajstić information content (AvgIpc) is 2.17. The molecule has 1 aromatic heterocycles. The zero-order chi connectivity index (χ0) is 10.6. The second kappa shape index (κ2) is 4.41. The molecule has 0 amide bonds. The van der Waals surface area contributed by atoms with Crippen molar-refractivity contribution in [2.24, 2.45) is 0 Å². The molecule has 2 N–H and O–H groups in total. The van der Waals surface area contributed by atoms with E-state index in [0.717, 1.165) is 5.56 Å². The SMILES string of the molecule is C=Cc1cnc(C(=O)OCC)c(N)c1. The first-order valence-electron chi connectivity index (χ1n) is 4.24. The van der Waals surface area contributed by atoms with Gasteiger partial charge in [-0.1, -0.05) is 12.7 Å². The third kappa shape index (κ3) is 2.10. The molecule has 0 spiro atoms. The Labute approximate surface area is 82.4 Å². The number of aromatic nitrogens is 1. The summed E-state index contributed by atoms with van der Waals surface area (Å²) in [7, 11) is 0. The van der Waals surface area contributed by atoms with E-state index in [9.17, 15) is 4.79 Å². The quantitative estimate of drug-likeness (QED) is 0.737. The van der Waals surface area contributed by atoms with Crippen LogP contribution in [0.3, 0.4) is 0 Å². The fourth-order valence-electron chi connectivity index (χ4n) is 0.980. The van der Waals surface area contributed by atoms with Crippen molar-refractivity contribution in [3.63, 3.8) is 0 Å². The Balaban J connectivity index is 2.99. The maximum Gasteiger partial charge on any atom is 0.359 e. The molecule has 1 rings (SSSR count). The number of ether oxygens (including phenoxy) is 1. The lowest BCUT2D eigenvalue weighted by Gasteiger charge is -2.04. The summed E-state index contributed by atoms with van der Waals surface area (Å²) in [6.45, 7) is 5.61. The van der Waals surface area contributed by atoms with Crippen LogP contribution in [0.15, 0.2) is 18.8 Å². The Bertz CT molecular complexity index is 361. The highest BCUT2D eigenvalue weighted by Crippen LogP contribution is 2.12. The summed E-state index contributed by atoms with van der Waals surface area (Å²) in [5.74, 6) is -0.499. The second-order valence-electron chi connectivity index (χ2n) is 2.63. The van der Waals surface area contributed by atoms with Gasteiger partial charge in [-0.05, 0) is 18.6 Å². The van der Waals surface area contributed by atoms with Crippen LogP contribution in [-0.4, -0.2) is 17.6 Å². The van der Waals surface area contributed by atoms with Crippen LogP contribution < -0.4 is 5.73 Å². The highest BCUT2D eigenvalue weighted by molar-refractivity contribution is 5.93. The predicted molar refractivity (Wildman–Crippen MR) is 54.7 cm³/mol. The van der Waals surface area contributed by atoms with Gasteiger partial charge in [0.15, 0.2) is 5.69 Å². The molecule has 1 aromatic rings. The van der Waals surface area contributed by atoms with Gasteiger partial charge < -0.3 is 10.5 Å². The smallest absolute Gasteiger partial charge is 0.359 e. The van der Waals surface area contributed by atoms with Gasteiger partial charge in [-0.25, -0.2) is 9.78 Å². The molecule has 0 unspecified atom stereocenters. The summed E-state index contributed by atoms with van der Waals surface area (Å²) >= 11 is 0. The van der Waals surface area contributed by atoms with E-state index in [1.807, 2.05) is 0 Å². The van der Waals surface area contributed by atoms with E-state index in [0.29, 0.717) is 12.3 Å². The molecule has 0 aliphatic heterocycles. The third-order valence-corrected chi connectivity index (χ3v) is 1.64. The van der Waals surface area contributed by atoms with E-state index in [1.54, 1.807) is 19.1 Å². The van der Waals surface area contributed by atoms with Crippen LogP contribution >= 0.6 is 0 Å². The third-order valence-electron chi connectivity index (χ3n) is 1.64. The summed E-state index contributed by atoms with van der Waals surface area (Å²) in [5, 5.41) is 0. The van der Waals surface area contributed by atoms with Crippen molar-refractivity contribution in [3.05, 3.63) is 30.1 Å². The van der Waals surface area contributed by atoms with Gasteiger partial charge in [0.1, 0.15) is 0 Å². The fourth-order valence-corrected chi connectivity index (χ4v) is 0.980. The summed E-state index contributed by atoms with van der Waals surface area (Å²) in [6, 6.07) is 1.63. The number of hydrogen-bond donors (Lipinski definition) is 1. The largest absolute Gasteiger partial charge is 0.461 e. The zero-order valence-corrected chi connectivity index (χ0v) is 7.99. The molecule has 0 radical (unpaired) electrons. The van der Waals surface area contributed by atoms with Crippen molar-refractivity contribution in [2.75, 3.05) is 12.3 Å². The Morgan fingerprint density at radius 1 is 1.79 bits per heavy atom. The lowest BCUT2D eigenvalue weighted by Crippen LogP contribution is -2.10. The van der Waals surface area contributed by atoms with Gasteiger partial charge in [0.25, 0.3) is 0 Å². The zero-order valence-electron chi connectivity index (χ0n) is 7.99. The van der Waals surface area contributed by atoms with Crippen molar-refractivity contribution in [1.82, 2.24) is 4.98 Å². The van der Waals surface area contributed by atoms with Crippen LogP contribution in [0, 0.1) is 0 Å². The maximum absolute atomic E-state index is 11.3. The highest BCUT2D eigenvalue weighted by atomic mass is 16.5. The fraction of sp³-hybridized carbons (Fsp3) is 0.200.